The number of allylic oxidation sites excluding steroid dienone is 1. The van der Waals surface area contributed by atoms with Crippen molar-refractivity contribution in [2.75, 3.05) is 0 Å². The zero-order valence-corrected chi connectivity index (χ0v) is 13.9. The molecule has 0 aromatic heterocycles. The van der Waals surface area contributed by atoms with Crippen molar-refractivity contribution in [3.63, 3.8) is 0 Å². The number of amides is 2. The summed E-state index contributed by atoms with van der Waals surface area (Å²) >= 11 is 0. The van der Waals surface area contributed by atoms with Gasteiger partial charge in [0.2, 0.25) is 0 Å². The molecule has 25 heavy (non-hydrogen) atoms. The fourth-order valence-corrected chi connectivity index (χ4v) is 3.35. The van der Waals surface area contributed by atoms with Gasteiger partial charge < -0.3 is 15.5 Å². The van der Waals surface area contributed by atoms with E-state index in [0.29, 0.717) is 6.42 Å². The Morgan fingerprint density at radius 1 is 1.00 bits per heavy atom. The summed E-state index contributed by atoms with van der Waals surface area (Å²) in [6.45, 7) is 1.91. The number of hydrogen-bond acceptors (Lipinski definition) is 3. The largest absolute Gasteiger partial charge is 0.387 e. The lowest BCUT2D eigenvalue weighted by Crippen LogP contribution is -2.44. The Morgan fingerprint density at radius 3 is 2.32 bits per heavy atom. The van der Waals surface area contributed by atoms with Crippen molar-refractivity contribution in [3.8, 4) is 0 Å². The maximum Gasteiger partial charge on any atom is 0.319 e. The Labute approximate surface area is 146 Å². The van der Waals surface area contributed by atoms with Crippen LogP contribution in [0.15, 0.2) is 77.1 Å². The van der Waals surface area contributed by atoms with E-state index < -0.39 is 0 Å². The van der Waals surface area contributed by atoms with Gasteiger partial charge in [0.25, 0.3) is 0 Å². The molecule has 0 saturated heterocycles. The number of hydrogen-bond donors (Lipinski definition) is 2. The van der Waals surface area contributed by atoms with Crippen LogP contribution in [0.3, 0.4) is 0 Å². The van der Waals surface area contributed by atoms with Crippen LogP contribution in [-0.2, 0) is 4.84 Å². The van der Waals surface area contributed by atoms with E-state index in [0.717, 1.165) is 28.1 Å². The molecule has 5 heteroatoms. The Morgan fingerprint density at radius 2 is 1.64 bits per heavy atom. The molecule has 0 bridgehead atoms. The average molecular weight is 333 g/mol. The molecule has 126 valence electrons. The molecule has 2 aliphatic heterocycles. The maximum absolute atomic E-state index is 12.0. The van der Waals surface area contributed by atoms with E-state index >= 15 is 0 Å². The molecular formula is C20H19N3O2. The quantitative estimate of drug-likeness (QED) is 0.896. The normalized spacial score (nSPS) is 22.8. The maximum atomic E-state index is 12.0. The first-order valence-electron chi connectivity index (χ1n) is 8.33. The number of benzene rings is 2. The molecule has 0 saturated carbocycles. The van der Waals surface area contributed by atoms with Gasteiger partial charge in [-0.05, 0) is 18.1 Å². The highest BCUT2D eigenvalue weighted by molar-refractivity contribution is 6.04. The number of rotatable bonds is 3. The molecule has 4 rings (SSSR count). The third kappa shape index (κ3) is 3.01. The fourth-order valence-electron chi connectivity index (χ4n) is 3.35. The summed E-state index contributed by atoms with van der Waals surface area (Å²) in [7, 11) is 0. The number of carbonyl (C=O) groups excluding carboxylic acids is 1. The number of oxime groups is 1. The smallest absolute Gasteiger partial charge is 0.319 e. The molecule has 0 aliphatic carbocycles. The summed E-state index contributed by atoms with van der Waals surface area (Å²) in [5, 5.41) is 10.2. The van der Waals surface area contributed by atoms with E-state index in [1.54, 1.807) is 0 Å². The summed E-state index contributed by atoms with van der Waals surface area (Å²) in [5.74, 6) is 0. The van der Waals surface area contributed by atoms with Crippen molar-refractivity contribution >= 4 is 11.7 Å². The van der Waals surface area contributed by atoms with Crippen LogP contribution in [0.2, 0.25) is 0 Å². The second-order valence-electron chi connectivity index (χ2n) is 6.23. The predicted octanol–water partition coefficient (Wildman–Crippen LogP) is 3.83. The first-order valence-corrected chi connectivity index (χ1v) is 8.33. The molecule has 0 radical (unpaired) electrons. The summed E-state index contributed by atoms with van der Waals surface area (Å²) in [6, 6.07) is 19.5. The zero-order chi connectivity index (χ0) is 17.2. The van der Waals surface area contributed by atoms with E-state index in [4.69, 9.17) is 4.84 Å². The van der Waals surface area contributed by atoms with Crippen LogP contribution in [0.5, 0.6) is 0 Å². The van der Waals surface area contributed by atoms with Crippen LogP contribution >= 0.6 is 0 Å². The molecule has 2 aromatic carbocycles. The predicted molar refractivity (Wildman–Crippen MR) is 95.9 cm³/mol. The number of nitrogens with one attached hydrogen (secondary N) is 2. The molecular weight excluding hydrogens is 314 g/mol. The standard InChI is InChI=1S/C20H19N3O2/c1-13-18(16-12-17(25-23-16)14-8-4-2-5-9-14)19(22-20(24)21-13)15-10-6-3-7-11-15/h2-11,17,19H,12H2,1H3,(H2,21,22,24). The Bertz CT molecular complexity index is 844. The summed E-state index contributed by atoms with van der Waals surface area (Å²) in [4.78, 5) is 17.7. The second-order valence-corrected chi connectivity index (χ2v) is 6.23. The van der Waals surface area contributed by atoms with Crippen LogP contribution < -0.4 is 10.6 Å². The van der Waals surface area contributed by atoms with Gasteiger partial charge in [-0.15, -0.1) is 0 Å². The van der Waals surface area contributed by atoms with Gasteiger partial charge in [-0.1, -0.05) is 65.8 Å². The minimum Gasteiger partial charge on any atom is -0.387 e. The number of nitrogens with zero attached hydrogens (tertiary/aromatic N) is 1. The van der Waals surface area contributed by atoms with Crippen molar-refractivity contribution in [3.05, 3.63) is 83.1 Å². The van der Waals surface area contributed by atoms with Gasteiger partial charge in [0.15, 0.2) is 6.10 Å². The van der Waals surface area contributed by atoms with Crippen molar-refractivity contribution in [1.29, 1.82) is 0 Å². The lowest BCUT2D eigenvalue weighted by molar-refractivity contribution is 0.0857. The molecule has 2 atom stereocenters. The lowest BCUT2D eigenvalue weighted by Gasteiger charge is -2.29. The van der Waals surface area contributed by atoms with E-state index in [2.05, 4.69) is 15.8 Å². The van der Waals surface area contributed by atoms with Gasteiger partial charge in [0, 0.05) is 17.7 Å². The van der Waals surface area contributed by atoms with Gasteiger partial charge >= 0.3 is 6.03 Å². The highest BCUT2D eigenvalue weighted by atomic mass is 16.6. The van der Waals surface area contributed by atoms with Crippen molar-refractivity contribution in [2.45, 2.75) is 25.5 Å². The lowest BCUT2D eigenvalue weighted by atomic mass is 9.89. The van der Waals surface area contributed by atoms with Crippen molar-refractivity contribution in [2.24, 2.45) is 5.16 Å². The van der Waals surface area contributed by atoms with Gasteiger partial charge in [-0.25, -0.2) is 4.79 Å². The zero-order valence-electron chi connectivity index (χ0n) is 13.9. The third-order valence-corrected chi connectivity index (χ3v) is 4.55. The highest BCUT2D eigenvalue weighted by Crippen LogP contribution is 2.35. The molecule has 2 aromatic rings. The minimum atomic E-state index is -0.230. The molecule has 2 heterocycles. The van der Waals surface area contributed by atoms with Crippen molar-refractivity contribution in [1.82, 2.24) is 10.6 Å². The van der Waals surface area contributed by atoms with Gasteiger partial charge in [-0.3, -0.25) is 0 Å². The van der Waals surface area contributed by atoms with Crippen LogP contribution in [0.25, 0.3) is 0 Å². The monoisotopic (exact) mass is 333 g/mol. The molecule has 0 fully saturated rings. The summed E-state index contributed by atoms with van der Waals surface area (Å²) in [5.41, 5.74) is 4.78. The molecule has 5 nitrogen and oxygen atoms in total. The van der Waals surface area contributed by atoms with Crippen LogP contribution in [0, 0.1) is 0 Å². The van der Waals surface area contributed by atoms with E-state index in [-0.39, 0.29) is 18.2 Å². The first kappa shape index (κ1) is 15.4. The molecule has 2 N–H and O–H groups in total. The average Bonchev–Trinajstić information content (AvgIpc) is 3.12. The fraction of sp³-hybridized carbons (Fsp3) is 0.200. The van der Waals surface area contributed by atoms with E-state index in [1.807, 2.05) is 67.6 Å². The van der Waals surface area contributed by atoms with Gasteiger partial charge in [0.1, 0.15) is 0 Å². The number of urea groups is 1. The van der Waals surface area contributed by atoms with Gasteiger partial charge in [-0.2, -0.15) is 0 Å². The summed E-state index contributed by atoms with van der Waals surface area (Å²) in [6.07, 6.45) is 0.586. The topological polar surface area (TPSA) is 62.7 Å². The van der Waals surface area contributed by atoms with Crippen LogP contribution in [0.1, 0.15) is 36.6 Å². The van der Waals surface area contributed by atoms with E-state index in [9.17, 15) is 4.79 Å². The third-order valence-electron chi connectivity index (χ3n) is 4.55. The van der Waals surface area contributed by atoms with Crippen LogP contribution in [0.4, 0.5) is 4.79 Å². The molecule has 2 aliphatic rings. The minimum absolute atomic E-state index is 0.0921. The summed E-state index contributed by atoms with van der Waals surface area (Å²) < 4.78 is 0. The molecule has 0 spiro atoms. The highest BCUT2D eigenvalue weighted by Gasteiger charge is 2.34. The Kier molecular flexibility index (Phi) is 3.98. The second kappa shape index (κ2) is 6.43. The first-order chi connectivity index (χ1) is 12.2. The Hall–Kier alpha value is -3.08. The molecule has 2 unspecified atom stereocenters. The van der Waals surface area contributed by atoms with Crippen LogP contribution in [-0.4, -0.2) is 11.7 Å². The SMILES string of the molecule is CC1=C(C2=NOC(c3ccccc3)C2)C(c2ccccc2)NC(=O)N1. The number of carbonyl (C=O) groups is 1. The van der Waals surface area contributed by atoms with E-state index in [1.165, 1.54) is 0 Å². The molecule has 2 amide bonds. The Balaban J connectivity index is 1.65. The van der Waals surface area contributed by atoms with Crippen molar-refractivity contribution < 1.29 is 9.63 Å². The van der Waals surface area contributed by atoms with Gasteiger partial charge in [0.05, 0.1) is 11.8 Å².